The zero-order chi connectivity index (χ0) is 17.9. The van der Waals surface area contributed by atoms with E-state index in [-0.39, 0.29) is 23.0 Å². The van der Waals surface area contributed by atoms with Gasteiger partial charge >= 0.3 is 0 Å². The summed E-state index contributed by atoms with van der Waals surface area (Å²) in [7, 11) is 0. The topological polar surface area (TPSA) is 39.3 Å². The van der Waals surface area contributed by atoms with Crippen molar-refractivity contribution >= 4 is 10.9 Å². The van der Waals surface area contributed by atoms with Crippen molar-refractivity contribution in [1.82, 2.24) is 9.88 Å². The van der Waals surface area contributed by atoms with Crippen molar-refractivity contribution in [2.75, 3.05) is 19.7 Å². The molecule has 0 spiro atoms. The Bertz CT molecular complexity index is 825. The summed E-state index contributed by atoms with van der Waals surface area (Å²) in [6.07, 6.45) is 5.22. The second-order valence-corrected chi connectivity index (χ2v) is 8.80. The van der Waals surface area contributed by atoms with Gasteiger partial charge in [-0.15, -0.1) is 6.58 Å². The van der Waals surface area contributed by atoms with Crippen LogP contribution in [0.25, 0.3) is 10.9 Å². The monoisotopic (exact) mass is 338 g/mol. The first-order valence-corrected chi connectivity index (χ1v) is 9.46. The van der Waals surface area contributed by atoms with Crippen molar-refractivity contribution in [1.29, 1.82) is 0 Å². The standard InChI is InChI=1S/C22H30N2O/c1-5-20(2,15-25)21(3)11-13-24-12-10-17-16-8-6-7-9-18(16)23-19(17)22(24,4)14-21/h5-9,23,25H,1,10-15H2,2-4H3. The van der Waals surface area contributed by atoms with E-state index < -0.39 is 0 Å². The Morgan fingerprint density at radius 3 is 2.80 bits per heavy atom. The Hall–Kier alpha value is -1.58. The fourth-order valence-corrected chi connectivity index (χ4v) is 5.35. The van der Waals surface area contributed by atoms with Crippen LogP contribution in [-0.4, -0.2) is 34.7 Å². The quantitative estimate of drug-likeness (QED) is 0.822. The average Bonchev–Trinajstić information content (AvgIpc) is 3.00. The van der Waals surface area contributed by atoms with Crippen LogP contribution < -0.4 is 0 Å². The van der Waals surface area contributed by atoms with Gasteiger partial charge in [-0.1, -0.05) is 38.1 Å². The second-order valence-electron chi connectivity index (χ2n) is 8.80. The summed E-state index contributed by atoms with van der Waals surface area (Å²) in [4.78, 5) is 6.40. The van der Waals surface area contributed by atoms with Gasteiger partial charge in [0, 0.05) is 28.6 Å². The van der Waals surface area contributed by atoms with Crippen LogP contribution >= 0.6 is 0 Å². The first-order chi connectivity index (χ1) is 11.9. The molecule has 3 heterocycles. The molecule has 2 aliphatic heterocycles. The highest BCUT2D eigenvalue weighted by molar-refractivity contribution is 5.85. The van der Waals surface area contributed by atoms with E-state index in [1.54, 1.807) is 0 Å². The van der Waals surface area contributed by atoms with Crippen molar-refractivity contribution < 1.29 is 5.11 Å². The molecule has 3 atom stereocenters. The molecule has 25 heavy (non-hydrogen) atoms. The van der Waals surface area contributed by atoms with Crippen molar-refractivity contribution in [2.45, 2.75) is 45.6 Å². The third kappa shape index (κ3) is 2.18. The number of nitrogens with zero attached hydrogens (tertiary/aromatic N) is 1. The van der Waals surface area contributed by atoms with Gasteiger partial charge in [0.1, 0.15) is 0 Å². The van der Waals surface area contributed by atoms with Crippen LogP contribution in [0.2, 0.25) is 0 Å². The molecule has 4 rings (SSSR count). The third-order valence-corrected chi connectivity index (χ3v) is 7.51. The summed E-state index contributed by atoms with van der Waals surface area (Å²) < 4.78 is 0. The van der Waals surface area contributed by atoms with Crippen LogP contribution in [0, 0.1) is 10.8 Å². The van der Waals surface area contributed by atoms with Crippen molar-refractivity contribution in [3.05, 3.63) is 48.2 Å². The van der Waals surface area contributed by atoms with Gasteiger partial charge in [-0.2, -0.15) is 0 Å². The number of nitrogens with one attached hydrogen (secondary N) is 1. The van der Waals surface area contributed by atoms with Crippen LogP contribution in [0.4, 0.5) is 0 Å². The van der Waals surface area contributed by atoms with E-state index in [9.17, 15) is 5.11 Å². The van der Waals surface area contributed by atoms with Gasteiger partial charge in [-0.3, -0.25) is 4.90 Å². The van der Waals surface area contributed by atoms with Crippen molar-refractivity contribution in [3.8, 4) is 0 Å². The lowest BCUT2D eigenvalue weighted by Gasteiger charge is -2.58. The molecule has 1 aromatic carbocycles. The Morgan fingerprint density at radius 1 is 1.32 bits per heavy atom. The lowest BCUT2D eigenvalue weighted by Crippen LogP contribution is -2.59. The maximum absolute atomic E-state index is 10.1. The summed E-state index contributed by atoms with van der Waals surface area (Å²) in [5, 5.41) is 11.5. The number of aromatic amines is 1. The van der Waals surface area contributed by atoms with Gasteiger partial charge in [0.25, 0.3) is 0 Å². The highest BCUT2D eigenvalue weighted by Gasteiger charge is 2.54. The molecule has 1 saturated heterocycles. The minimum atomic E-state index is -0.258. The maximum Gasteiger partial charge on any atom is 0.0591 e. The highest BCUT2D eigenvalue weighted by atomic mass is 16.3. The number of hydrogen-bond donors (Lipinski definition) is 2. The number of aliphatic hydroxyl groups is 1. The molecule has 0 bridgehead atoms. The lowest BCUT2D eigenvalue weighted by atomic mass is 9.56. The molecule has 3 heteroatoms. The molecule has 1 fully saturated rings. The molecule has 0 aliphatic carbocycles. The summed E-state index contributed by atoms with van der Waals surface area (Å²) >= 11 is 0. The SMILES string of the molecule is C=CC(C)(CO)C1(C)CCN2CCc3c([nH]c4ccccc34)C2(C)C1. The number of benzene rings is 1. The summed E-state index contributed by atoms with van der Waals surface area (Å²) in [5.74, 6) is 0. The van der Waals surface area contributed by atoms with Gasteiger partial charge in [-0.05, 0) is 49.8 Å². The molecular weight excluding hydrogens is 308 g/mol. The van der Waals surface area contributed by atoms with Crippen LogP contribution in [0.3, 0.4) is 0 Å². The zero-order valence-electron chi connectivity index (χ0n) is 15.7. The van der Waals surface area contributed by atoms with Gasteiger partial charge in [0.15, 0.2) is 0 Å². The van der Waals surface area contributed by atoms with E-state index in [4.69, 9.17) is 0 Å². The number of aliphatic hydroxyl groups excluding tert-OH is 1. The fraction of sp³-hybridized carbons (Fsp3) is 0.545. The number of aromatic nitrogens is 1. The Kier molecular flexibility index (Phi) is 3.68. The van der Waals surface area contributed by atoms with E-state index in [1.807, 2.05) is 6.08 Å². The maximum atomic E-state index is 10.1. The first kappa shape index (κ1) is 16.9. The molecule has 3 unspecified atom stereocenters. The number of H-pyrrole nitrogens is 1. The van der Waals surface area contributed by atoms with E-state index in [0.29, 0.717) is 0 Å². The van der Waals surface area contributed by atoms with E-state index in [1.165, 1.54) is 22.2 Å². The fourth-order valence-electron chi connectivity index (χ4n) is 5.35. The Balaban J connectivity index is 1.84. The summed E-state index contributed by atoms with van der Waals surface area (Å²) in [5.41, 5.74) is 3.88. The third-order valence-electron chi connectivity index (χ3n) is 7.51. The molecule has 2 aromatic rings. The predicted molar refractivity (Wildman–Crippen MR) is 104 cm³/mol. The smallest absolute Gasteiger partial charge is 0.0591 e. The Morgan fingerprint density at radius 2 is 2.08 bits per heavy atom. The molecule has 0 saturated carbocycles. The molecular formula is C22H30N2O. The van der Waals surface area contributed by atoms with Crippen molar-refractivity contribution in [2.24, 2.45) is 10.8 Å². The minimum absolute atomic E-state index is 0.0148. The number of hydrogen-bond acceptors (Lipinski definition) is 2. The Labute approximate surface area is 150 Å². The number of piperidine rings is 1. The highest BCUT2D eigenvalue weighted by Crippen LogP contribution is 2.56. The molecule has 0 radical (unpaired) electrons. The van der Waals surface area contributed by atoms with Crippen LogP contribution in [0.15, 0.2) is 36.9 Å². The van der Waals surface area contributed by atoms with E-state index in [2.05, 4.69) is 61.5 Å². The minimum Gasteiger partial charge on any atom is -0.395 e. The summed E-state index contributed by atoms with van der Waals surface area (Å²) in [6, 6.07) is 8.67. The number of fused-ring (bicyclic) bond motifs is 5. The van der Waals surface area contributed by atoms with E-state index >= 15 is 0 Å². The van der Waals surface area contributed by atoms with Crippen LogP contribution in [0.5, 0.6) is 0 Å². The second kappa shape index (κ2) is 5.46. The van der Waals surface area contributed by atoms with E-state index in [0.717, 1.165) is 32.4 Å². The lowest BCUT2D eigenvalue weighted by molar-refractivity contribution is -0.0774. The largest absolute Gasteiger partial charge is 0.395 e. The molecule has 134 valence electrons. The summed E-state index contributed by atoms with van der Waals surface area (Å²) in [6.45, 7) is 13.3. The molecule has 1 aromatic heterocycles. The predicted octanol–water partition coefficient (Wildman–Crippen LogP) is 4.23. The first-order valence-electron chi connectivity index (χ1n) is 9.46. The van der Waals surface area contributed by atoms with Crippen LogP contribution in [-0.2, 0) is 12.0 Å². The molecule has 2 aliphatic rings. The molecule has 2 N–H and O–H groups in total. The molecule has 3 nitrogen and oxygen atoms in total. The van der Waals surface area contributed by atoms with Gasteiger partial charge in [0.05, 0.1) is 12.1 Å². The average molecular weight is 338 g/mol. The zero-order valence-corrected chi connectivity index (χ0v) is 15.7. The van der Waals surface area contributed by atoms with Gasteiger partial charge in [-0.25, -0.2) is 0 Å². The normalized spacial score (nSPS) is 32.0. The number of rotatable bonds is 3. The molecule has 0 amide bonds. The van der Waals surface area contributed by atoms with Crippen LogP contribution in [0.1, 0.15) is 44.9 Å². The van der Waals surface area contributed by atoms with Gasteiger partial charge in [0.2, 0.25) is 0 Å². The van der Waals surface area contributed by atoms with Crippen molar-refractivity contribution in [3.63, 3.8) is 0 Å². The number of para-hydroxylation sites is 1. The van der Waals surface area contributed by atoms with Gasteiger partial charge < -0.3 is 10.1 Å².